The molecule has 1 aromatic carbocycles. The second-order valence-corrected chi connectivity index (χ2v) is 5.31. The molecule has 0 bridgehead atoms. The molecule has 1 atom stereocenters. The minimum Gasteiger partial charge on any atom is -0.398 e. The number of amides is 3. The summed E-state index contributed by atoms with van der Waals surface area (Å²) in [6, 6.07) is 4.52. The number of hydrazine groups is 1. The van der Waals surface area contributed by atoms with Gasteiger partial charge >= 0.3 is 0 Å². The summed E-state index contributed by atoms with van der Waals surface area (Å²) in [5.74, 6) is -0.993. The molecule has 3 N–H and O–H groups in total. The molecule has 3 rings (SSSR count). The first-order chi connectivity index (χ1) is 9.99. The molecule has 7 heteroatoms. The second kappa shape index (κ2) is 4.85. The number of carbonyl (C=O) groups excluding carboxylic acids is 3. The summed E-state index contributed by atoms with van der Waals surface area (Å²) < 4.78 is 0. The lowest BCUT2D eigenvalue weighted by Crippen LogP contribution is -2.60. The minimum atomic E-state index is -0.658. The number of nitrogens with two attached hydrogens (primary N) is 1. The molecule has 110 valence electrons. The first-order valence-corrected chi connectivity index (χ1v) is 6.74. The van der Waals surface area contributed by atoms with E-state index in [1.165, 1.54) is 5.01 Å². The van der Waals surface area contributed by atoms with Crippen molar-refractivity contribution in [3.63, 3.8) is 0 Å². The van der Waals surface area contributed by atoms with Gasteiger partial charge in [0.25, 0.3) is 11.8 Å². The number of hydrogen-bond donors (Lipinski definition) is 2. The van der Waals surface area contributed by atoms with Crippen LogP contribution in [0, 0.1) is 0 Å². The summed E-state index contributed by atoms with van der Waals surface area (Å²) in [7, 11) is 1.73. The lowest BCUT2D eigenvalue weighted by Gasteiger charge is -2.42. The SMILES string of the molecule is CN1Cc2c(N)cccc2C(=O)N1C1CCC(=O)NC1=O. The molecule has 3 amide bonds. The zero-order valence-electron chi connectivity index (χ0n) is 11.6. The van der Waals surface area contributed by atoms with Crippen molar-refractivity contribution in [1.29, 1.82) is 0 Å². The zero-order valence-corrected chi connectivity index (χ0v) is 11.6. The van der Waals surface area contributed by atoms with Gasteiger partial charge in [0.15, 0.2) is 0 Å². The molecule has 0 spiro atoms. The van der Waals surface area contributed by atoms with Crippen molar-refractivity contribution in [3.8, 4) is 0 Å². The molecule has 1 saturated heterocycles. The fraction of sp³-hybridized carbons (Fsp3) is 0.357. The number of anilines is 1. The van der Waals surface area contributed by atoms with E-state index in [0.29, 0.717) is 24.2 Å². The van der Waals surface area contributed by atoms with Gasteiger partial charge in [0.05, 0.1) is 0 Å². The van der Waals surface area contributed by atoms with Crippen LogP contribution in [0.2, 0.25) is 0 Å². The predicted octanol–water partition coefficient (Wildman–Crippen LogP) is -0.123. The Morgan fingerprint density at radius 1 is 1.29 bits per heavy atom. The predicted molar refractivity (Wildman–Crippen MR) is 74.7 cm³/mol. The van der Waals surface area contributed by atoms with E-state index in [9.17, 15) is 14.4 Å². The van der Waals surface area contributed by atoms with Crippen LogP contribution >= 0.6 is 0 Å². The third kappa shape index (κ3) is 2.15. The number of carbonyl (C=O) groups is 3. The van der Waals surface area contributed by atoms with Gasteiger partial charge in [-0.05, 0) is 18.6 Å². The maximum atomic E-state index is 12.7. The Morgan fingerprint density at radius 2 is 2.05 bits per heavy atom. The van der Waals surface area contributed by atoms with Gasteiger partial charge < -0.3 is 5.73 Å². The molecule has 2 heterocycles. The highest BCUT2D eigenvalue weighted by molar-refractivity contribution is 6.04. The third-order valence-electron chi connectivity index (χ3n) is 3.91. The number of hydrogen-bond acceptors (Lipinski definition) is 5. The molecule has 0 aromatic heterocycles. The largest absolute Gasteiger partial charge is 0.398 e. The maximum absolute atomic E-state index is 12.7. The molecule has 1 aromatic rings. The van der Waals surface area contributed by atoms with E-state index in [2.05, 4.69) is 5.32 Å². The molecule has 2 aliphatic rings. The summed E-state index contributed by atoms with van der Waals surface area (Å²) in [5, 5.41) is 5.38. The van der Waals surface area contributed by atoms with E-state index in [-0.39, 0.29) is 18.2 Å². The molecule has 2 aliphatic heterocycles. The van der Waals surface area contributed by atoms with Crippen molar-refractivity contribution >= 4 is 23.4 Å². The van der Waals surface area contributed by atoms with Crippen molar-refractivity contribution in [2.45, 2.75) is 25.4 Å². The average molecular weight is 288 g/mol. The highest BCUT2D eigenvalue weighted by atomic mass is 16.2. The summed E-state index contributed by atoms with van der Waals surface area (Å²) in [6.07, 6.45) is 0.566. The Bertz CT molecular complexity index is 643. The van der Waals surface area contributed by atoms with Crippen molar-refractivity contribution in [1.82, 2.24) is 15.3 Å². The van der Waals surface area contributed by atoms with E-state index in [4.69, 9.17) is 5.73 Å². The Hall–Kier alpha value is -2.41. The standard InChI is InChI=1S/C14H16N4O3/c1-17-7-9-8(3-2-4-10(9)15)14(21)18(17)11-5-6-12(19)16-13(11)20/h2-4,11H,5-7,15H2,1H3,(H,16,19,20). The molecule has 0 radical (unpaired) electrons. The fourth-order valence-electron chi connectivity index (χ4n) is 2.86. The summed E-state index contributed by atoms with van der Waals surface area (Å²) in [5.41, 5.74) is 7.76. The van der Waals surface area contributed by atoms with Crippen molar-refractivity contribution < 1.29 is 14.4 Å². The first-order valence-electron chi connectivity index (χ1n) is 6.74. The molecule has 21 heavy (non-hydrogen) atoms. The number of benzene rings is 1. The van der Waals surface area contributed by atoms with E-state index < -0.39 is 11.9 Å². The molecule has 0 aliphatic carbocycles. The number of fused-ring (bicyclic) bond motifs is 1. The van der Waals surface area contributed by atoms with Gasteiger partial charge in [-0.25, -0.2) is 5.01 Å². The molecule has 1 fully saturated rings. The quantitative estimate of drug-likeness (QED) is 0.554. The van der Waals surface area contributed by atoms with Gasteiger partial charge in [-0.1, -0.05) is 6.07 Å². The second-order valence-electron chi connectivity index (χ2n) is 5.31. The highest BCUT2D eigenvalue weighted by Gasteiger charge is 2.40. The highest BCUT2D eigenvalue weighted by Crippen LogP contribution is 2.28. The van der Waals surface area contributed by atoms with Gasteiger partial charge in [-0.15, -0.1) is 0 Å². The van der Waals surface area contributed by atoms with E-state index in [0.717, 1.165) is 5.56 Å². The normalized spacial score (nSPS) is 23.0. The molecule has 7 nitrogen and oxygen atoms in total. The lowest BCUT2D eigenvalue weighted by atomic mass is 9.99. The van der Waals surface area contributed by atoms with Crippen LogP contribution in [0.1, 0.15) is 28.8 Å². The topological polar surface area (TPSA) is 95.7 Å². The van der Waals surface area contributed by atoms with Crippen molar-refractivity contribution in [3.05, 3.63) is 29.3 Å². The summed E-state index contributed by atoms with van der Waals surface area (Å²) in [4.78, 5) is 35.9. The molecular formula is C14H16N4O3. The maximum Gasteiger partial charge on any atom is 0.269 e. The number of piperidine rings is 1. The molecule has 0 saturated carbocycles. The number of nitrogens with one attached hydrogen (secondary N) is 1. The number of nitrogens with zero attached hydrogens (tertiary/aromatic N) is 2. The number of imide groups is 1. The Balaban J connectivity index is 1.96. The Kier molecular flexibility index (Phi) is 3.13. The van der Waals surface area contributed by atoms with Gasteiger partial charge in [0, 0.05) is 36.8 Å². The molecular weight excluding hydrogens is 272 g/mol. The van der Waals surface area contributed by atoms with Gasteiger partial charge in [-0.2, -0.15) is 0 Å². The number of rotatable bonds is 1. The van der Waals surface area contributed by atoms with E-state index >= 15 is 0 Å². The monoisotopic (exact) mass is 288 g/mol. The Morgan fingerprint density at radius 3 is 2.76 bits per heavy atom. The third-order valence-corrected chi connectivity index (χ3v) is 3.91. The van der Waals surface area contributed by atoms with Crippen LogP contribution in [-0.2, 0) is 16.1 Å². The van der Waals surface area contributed by atoms with Crippen LogP contribution in [0.3, 0.4) is 0 Å². The van der Waals surface area contributed by atoms with Crippen molar-refractivity contribution in [2.24, 2.45) is 0 Å². The van der Waals surface area contributed by atoms with Crippen LogP contribution in [0.25, 0.3) is 0 Å². The van der Waals surface area contributed by atoms with Crippen LogP contribution in [0.15, 0.2) is 18.2 Å². The lowest BCUT2D eigenvalue weighted by molar-refractivity contribution is -0.142. The van der Waals surface area contributed by atoms with Gasteiger partial charge in [0.2, 0.25) is 5.91 Å². The average Bonchev–Trinajstić information content (AvgIpc) is 2.42. The van der Waals surface area contributed by atoms with Crippen LogP contribution in [0.5, 0.6) is 0 Å². The van der Waals surface area contributed by atoms with E-state index in [1.54, 1.807) is 30.3 Å². The summed E-state index contributed by atoms with van der Waals surface area (Å²) in [6.45, 7) is 0.450. The fourth-order valence-corrected chi connectivity index (χ4v) is 2.86. The summed E-state index contributed by atoms with van der Waals surface area (Å²) >= 11 is 0. The van der Waals surface area contributed by atoms with E-state index in [1.807, 2.05) is 0 Å². The van der Waals surface area contributed by atoms with Gasteiger partial charge in [-0.3, -0.25) is 24.7 Å². The first kappa shape index (κ1) is 13.6. The Labute approximate surface area is 121 Å². The van der Waals surface area contributed by atoms with Crippen LogP contribution in [-0.4, -0.2) is 40.8 Å². The number of nitrogen functional groups attached to an aromatic ring is 1. The molecule has 1 unspecified atom stereocenters. The minimum absolute atomic E-state index is 0.234. The van der Waals surface area contributed by atoms with Crippen LogP contribution in [0.4, 0.5) is 5.69 Å². The smallest absolute Gasteiger partial charge is 0.269 e. The van der Waals surface area contributed by atoms with Gasteiger partial charge in [0.1, 0.15) is 6.04 Å². The van der Waals surface area contributed by atoms with Crippen LogP contribution < -0.4 is 11.1 Å². The zero-order chi connectivity index (χ0) is 15.1. The van der Waals surface area contributed by atoms with Crippen molar-refractivity contribution in [2.75, 3.05) is 12.8 Å².